The summed E-state index contributed by atoms with van der Waals surface area (Å²) in [5.41, 5.74) is 0. The maximum Gasteiger partial charge on any atom is 5.00 e. The molecule has 0 bridgehead atoms. The fraction of sp³-hybridized carbons (Fsp3) is 0. The Morgan fingerprint density at radius 1 is 1.00 bits per heavy atom. The zero-order chi connectivity index (χ0) is 0. The van der Waals surface area contributed by atoms with Crippen LogP contribution < -0.4 is 0 Å². The van der Waals surface area contributed by atoms with Gasteiger partial charge in [-0.15, -0.1) is 0 Å². The van der Waals surface area contributed by atoms with Crippen molar-refractivity contribution in [1.29, 1.82) is 0 Å². The summed E-state index contributed by atoms with van der Waals surface area (Å²) in [6, 6.07) is 0. The third-order valence-electron chi connectivity index (χ3n) is 0. The van der Waals surface area contributed by atoms with E-state index < -0.39 is 0 Å². The summed E-state index contributed by atoms with van der Waals surface area (Å²) >= 11 is 0. The van der Waals surface area contributed by atoms with E-state index in [9.17, 15) is 0 Å². The van der Waals surface area contributed by atoms with Crippen molar-refractivity contribution in [3.8, 4) is 0 Å². The molecular formula is BaMgNbO+7. The van der Waals surface area contributed by atoms with Crippen LogP contribution in [0.3, 0.4) is 0 Å². The van der Waals surface area contributed by atoms with E-state index in [-0.39, 0.29) is 99.8 Å². The molecular weight excluding hydrogens is 271 g/mol. The summed E-state index contributed by atoms with van der Waals surface area (Å²) < 4.78 is 0. The van der Waals surface area contributed by atoms with Crippen LogP contribution >= 0.6 is 0 Å². The Kier molecular flexibility index (Phi) is 115. The van der Waals surface area contributed by atoms with Gasteiger partial charge < -0.3 is 5.48 Å². The minimum absolute atomic E-state index is 0. The van der Waals surface area contributed by atoms with Crippen LogP contribution in [-0.2, 0) is 27.9 Å². The second kappa shape index (κ2) is 16.6. The number of hydrogen-bond donors (Lipinski definition) is 0. The molecule has 0 radical (unpaired) electrons. The van der Waals surface area contributed by atoms with Crippen molar-refractivity contribution in [3.63, 3.8) is 0 Å². The van der Waals surface area contributed by atoms with Gasteiger partial charge in [0.2, 0.25) is 0 Å². The summed E-state index contributed by atoms with van der Waals surface area (Å²) in [7, 11) is 0. The first-order valence-electron chi connectivity index (χ1n) is 0. The molecule has 0 aliphatic rings. The summed E-state index contributed by atoms with van der Waals surface area (Å²) in [6.07, 6.45) is 0. The van der Waals surface area contributed by atoms with Gasteiger partial charge in [-0.1, -0.05) is 0 Å². The molecule has 0 N–H and O–H groups in total. The van der Waals surface area contributed by atoms with Crippen LogP contribution in [0.2, 0.25) is 0 Å². The van der Waals surface area contributed by atoms with E-state index in [0.29, 0.717) is 0 Å². The van der Waals surface area contributed by atoms with Gasteiger partial charge in [0.05, 0.1) is 0 Å². The molecule has 0 fully saturated rings. The van der Waals surface area contributed by atoms with Crippen LogP contribution in [0.5, 0.6) is 0 Å². The van der Waals surface area contributed by atoms with Gasteiger partial charge in [0.25, 0.3) is 0 Å². The van der Waals surface area contributed by atoms with Crippen molar-refractivity contribution in [1.82, 2.24) is 0 Å². The molecule has 0 aliphatic heterocycles. The van der Waals surface area contributed by atoms with Crippen molar-refractivity contribution in [3.05, 3.63) is 0 Å². The van der Waals surface area contributed by atoms with E-state index in [1.165, 1.54) is 0 Å². The van der Waals surface area contributed by atoms with Crippen molar-refractivity contribution >= 4 is 71.9 Å². The van der Waals surface area contributed by atoms with E-state index in [1.54, 1.807) is 0 Å². The molecule has 0 heterocycles. The van der Waals surface area contributed by atoms with Crippen LogP contribution in [0.1, 0.15) is 0 Å². The van der Waals surface area contributed by atoms with Gasteiger partial charge >= 0.3 is 94.3 Å². The summed E-state index contributed by atoms with van der Waals surface area (Å²) in [5.74, 6) is 0. The van der Waals surface area contributed by atoms with E-state index in [4.69, 9.17) is 0 Å². The molecule has 0 aliphatic carbocycles. The average Bonchev–Trinajstić information content (AvgIpc) is 0. The zero-order valence-electron chi connectivity index (χ0n) is 2.27. The zero-order valence-corrected chi connectivity index (χ0v) is 10.3. The minimum Gasteiger partial charge on any atom is -2.00 e. The Hall–Kier alpha value is 3.04. The van der Waals surface area contributed by atoms with Crippen LogP contribution in [0, 0.1) is 0 Å². The van der Waals surface area contributed by atoms with Gasteiger partial charge in [-0.05, 0) is 0 Å². The molecule has 0 aromatic heterocycles. The minimum atomic E-state index is 0. The normalized spacial score (nSPS) is 0. The monoisotopic (exact) mass is 271 g/mol. The second-order valence-corrected chi connectivity index (χ2v) is 0. The second-order valence-electron chi connectivity index (χ2n) is 0. The van der Waals surface area contributed by atoms with Crippen LogP contribution in [0.4, 0.5) is 0 Å². The van der Waals surface area contributed by atoms with Crippen molar-refractivity contribution < 1.29 is 27.9 Å². The van der Waals surface area contributed by atoms with Crippen LogP contribution in [0.25, 0.3) is 0 Å². The quantitative estimate of drug-likeness (QED) is 0.512. The Bertz CT molecular complexity index is 8.00. The maximum absolute atomic E-state index is 0. The fourth-order valence-corrected chi connectivity index (χ4v) is 0. The van der Waals surface area contributed by atoms with E-state index in [0.717, 1.165) is 0 Å². The van der Waals surface area contributed by atoms with Gasteiger partial charge in [-0.25, -0.2) is 0 Å². The molecule has 0 rings (SSSR count). The topological polar surface area (TPSA) is 28.5 Å². The van der Waals surface area contributed by atoms with Gasteiger partial charge in [-0.2, -0.15) is 0 Å². The van der Waals surface area contributed by atoms with Crippen LogP contribution in [-0.4, -0.2) is 71.9 Å². The molecule has 4 heavy (non-hydrogen) atoms. The standard InChI is InChI=1S/Ba.Mg.Nb.O/q2*+2;+5;-2. The van der Waals surface area contributed by atoms with E-state index in [1.807, 2.05) is 0 Å². The molecule has 8 valence electrons. The van der Waals surface area contributed by atoms with Gasteiger partial charge in [0, 0.05) is 0 Å². The van der Waals surface area contributed by atoms with Gasteiger partial charge in [0.1, 0.15) is 0 Å². The van der Waals surface area contributed by atoms with E-state index >= 15 is 0 Å². The first-order valence-corrected chi connectivity index (χ1v) is 0. The maximum atomic E-state index is 0. The Morgan fingerprint density at radius 2 is 1.00 bits per heavy atom. The predicted molar refractivity (Wildman–Crippen MR) is 12.2 cm³/mol. The van der Waals surface area contributed by atoms with Gasteiger partial charge in [0.15, 0.2) is 0 Å². The predicted octanol–water partition coefficient (Wildman–Crippen LogP) is -0.883. The summed E-state index contributed by atoms with van der Waals surface area (Å²) in [5, 5.41) is 0. The molecule has 0 saturated carbocycles. The molecule has 0 amide bonds. The molecule has 0 aromatic carbocycles. The third kappa shape index (κ3) is 8.90. The number of rotatable bonds is 0. The summed E-state index contributed by atoms with van der Waals surface area (Å²) in [4.78, 5) is 0. The molecule has 0 saturated heterocycles. The Balaban J connectivity index is 0. The molecule has 0 unspecified atom stereocenters. The van der Waals surface area contributed by atoms with Crippen molar-refractivity contribution in [2.75, 3.05) is 0 Å². The van der Waals surface area contributed by atoms with E-state index in [2.05, 4.69) is 0 Å². The first kappa shape index (κ1) is 27.8. The molecule has 1 nitrogen and oxygen atoms in total. The summed E-state index contributed by atoms with van der Waals surface area (Å²) in [6.45, 7) is 0. The number of hydrogen-bond acceptors (Lipinski definition) is 0. The molecule has 0 aromatic rings. The Labute approximate surface area is 97.3 Å². The molecule has 0 spiro atoms. The van der Waals surface area contributed by atoms with Crippen molar-refractivity contribution in [2.24, 2.45) is 0 Å². The van der Waals surface area contributed by atoms with Crippen LogP contribution in [0.15, 0.2) is 0 Å². The molecule has 4 heteroatoms. The van der Waals surface area contributed by atoms with Crippen molar-refractivity contribution in [2.45, 2.75) is 0 Å². The van der Waals surface area contributed by atoms with Gasteiger partial charge in [-0.3, -0.25) is 0 Å². The SMILES string of the molecule is [Ba+2].[Mg+2].[Nb+5].[O-2]. The first-order chi connectivity index (χ1) is 0. The third-order valence-corrected chi connectivity index (χ3v) is 0. The largest absolute Gasteiger partial charge is 5.00 e. The molecule has 0 atom stereocenters. The average molecular weight is 271 g/mol. The fourth-order valence-electron chi connectivity index (χ4n) is 0. The smallest absolute Gasteiger partial charge is 2.00 e. The Morgan fingerprint density at radius 3 is 1.00 bits per heavy atom.